The Morgan fingerprint density at radius 2 is 1.28 bits per heavy atom. The summed E-state index contributed by atoms with van der Waals surface area (Å²) in [5.74, 6) is 0.479. The van der Waals surface area contributed by atoms with Crippen molar-refractivity contribution in [3.63, 3.8) is 0 Å². The SMILES string of the molecule is [B]C(CCC)C(c1ccccc1)c1ccccc1. The monoisotopic (exact) mass is 234 g/mol. The Morgan fingerprint density at radius 3 is 1.67 bits per heavy atom. The van der Waals surface area contributed by atoms with E-state index in [0.29, 0.717) is 5.92 Å². The molecule has 2 aromatic rings. The molecule has 18 heavy (non-hydrogen) atoms. The average Bonchev–Trinajstić information content (AvgIpc) is 2.42. The predicted molar refractivity (Wildman–Crippen MR) is 79.1 cm³/mol. The molecule has 0 bridgehead atoms. The average molecular weight is 234 g/mol. The van der Waals surface area contributed by atoms with Crippen molar-refractivity contribution in [1.82, 2.24) is 0 Å². The number of rotatable bonds is 5. The van der Waals surface area contributed by atoms with E-state index in [9.17, 15) is 0 Å². The molecule has 0 saturated carbocycles. The maximum atomic E-state index is 6.39. The molecule has 0 aliphatic carbocycles. The van der Waals surface area contributed by atoms with Gasteiger partial charge in [-0.2, -0.15) is 0 Å². The number of hydrogen-bond donors (Lipinski definition) is 0. The first kappa shape index (κ1) is 12.9. The Bertz CT molecular complexity index is 410. The Balaban J connectivity index is 2.35. The van der Waals surface area contributed by atoms with Crippen LogP contribution in [0.15, 0.2) is 60.7 Å². The van der Waals surface area contributed by atoms with Gasteiger partial charge in [-0.1, -0.05) is 86.2 Å². The minimum atomic E-state index is 0.180. The first-order chi connectivity index (χ1) is 8.83. The van der Waals surface area contributed by atoms with Gasteiger partial charge in [-0.25, -0.2) is 0 Å². The lowest BCUT2D eigenvalue weighted by Crippen LogP contribution is -2.09. The quantitative estimate of drug-likeness (QED) is 0.664. The van der Waals surface area contributed by atoms with Crippen molar-refractivity contribution in [3.05, 3.63) is 71.8 Å². The summed E-state index contributed by atoms with van der Waals surface area (Å²) in [5, 5.41) is 0. The summed E-state index contributed by atoms with van der Waals surface area (Å²) in [6.45, 7) is 2.19. The zero-order valence-corrected chi connectivity index (χ0v) is 10.9. The van der Waals surface area contributed by atoms with Crippen molar-refractivity contribution < 1.29 is 0 Å². The molecular weight excluding hydrogens is 215 g/mol. The third kappa shape index (κ3) is 3.04. The largest absolute Gasteiger partial charge is 0.0712 e. The molecule has 0 aliphatic rings. The van der Waals surface area contributed by atoms with Gasteiger partial charge in [0.1, 0.15) is 0 Å². The standard InChI is InChI=1S/C17H19B/c1-2-9-16(18)17(14-10-5-3-6-11-14)15-12-7-4-8-13-15/h3-8,10-13,16-17H,2,9H2,1H3. The third-order valence-corrected chi connectivity index (χ3v) is 3.37. The van der Waals surface area contributed by atoms with Gasteiger partial charge in [-0.3, -0.25) is 0 Å². The highest BCUT2D eigenvalue weighted by molar-refractivity contribution is 6.12. The molecule has 0 aliphatic heterocycles. The van der Waals surface area contributed by atoms with Gasteiger partial charge in [-0.15, -0.1) is 0 Å². The molecule has 0 saturated heterocycles. The lowest BCUT2D eigenvalue weighted by molar-refractivity contribution is 0.649. The fourth-order valence-corrected chi connectivity index (χ4v) is 2.51. The normalized spacial score (nSPS) is 12.6. The molecule has 2 aromatic carbocycles. The van der Waals surface area contributed by atoms with Crippen LogP contribution in [0.4, 0.5) is 0 Å². The minimum Gasteiger partial charge on any atom is -0.0666 e. The van der Waals surface area contributed by atoms with Crippen LogP contribution >= 0.6 is 0 Å². The zero-order chi connectivity index (χ0) is 12.8. The molecule has 1 unspecified atom stereocenters. The van der Waals surface area contributed by atoms with Crippen LogP contribution in [0.2, 0.25) is 5.82 Å². The second kappa shape index (κ2) is 6.44. The lowest BCUT2D eigenvalue weighted by atomic mass is 9.68. The van der Waals surface area contributed by atoms with Crippen LogP contribution < -0.4 is 0 Å². The Hall–Kier alpha value is -1.50. The van der Waals surface area contributed by atoms with E-state index in [1.807, 2.05) is 0 Å². The first-order valence-electron chi connectivity index (χ1n) is 6.68. The summed E-state index contributed by atoms with van der Waals surface area (Å²) in [4.78, 5) is 0. The van der Waals surface area contributed by atoms with Crippen molar-refractivity contribution in [2.45, 2.75) is 31.5 Å². The second-order valence-corrected chi connectivity index (χ2v) is 4.75. The van der Waals surface area contributed by atoms with Crippen molar-refractivity contribution in [2.24, 2.45) is 0 Å². The molecule has 0 fully saturated rings. The molecule has 0 spiro atoms. The van der Waals surface area contributed by atoms with E-state index in [4.69, 9.17) is 7.85 Å². The molecule has 90 valence electrons. The highest BCUT2D eigenvalue weighted by Crippen LogP contribution is 2.36. The molecule has 0 heterocycles. The maximum absolute atomic E-state index is 6.39. The molecule has 0 aromatic heterocycles. The Kier molecular flexibility index (Phi) is 4.63. The highest BCUT2D eigenvalue weighted by atomic mass is 14.2. The van der Waals surface area contributed by atoms with Gasteiger partial charge in [0.15, 0.2) is 0 Å². The van der Waals surface area contributed by atoms with Crippen LogP contribution in [-0.4, -0.2) is 7.85 Å². The molecule has 0 N–H and O–H groups in total. The van der Waals surface area contributed by atoms with Crippen LogP contribution in [0.3, 0.4) is 0 Å². The van der Waals surface area contributed by atoms with Crippen molar-refractivity contribution >= 4 is 7.85 Å². The Labute approximate surface area is 111 Å². The smallest absolute Gasteiger partial charge is 0.0666 e. The van der Waals surface area contributed by atoms with E-state index < -0.39 is 0 Å². The fourth-order valence-electron chi connectivity index (χ4n) is 2.51. The van der Waals surface area contributed by atoms with Gasteiger partial charge in [-0.05, 0) is 11.1 Å². The minimum absolute atomic E-state index is 0.180. The summed E-state index contributed by atoms with van der Waals surface area (Å²) in [6, 6.07) is 21.1. The molecular formula is C17H19B. The van der Waals surface area contributed by atoms with Crippen molar-refractivity contribution in [1.29, 1.82) is 0 Å². The lowest BCUT2D eigenvalue weighted by Gasteiger charge is -2.25. The van der Waals surface area contributed by atoms with E-state index in [1.54, 1.807) is 0 Å². The van der Waals surface area contributed by atoms with Crippen LogP contribution in [0.5, 0.6) is 0 Å². The summed E-state index contributed by atoms with van der Waals surface area (Å²) in [7, 11) is 6.39. The molecule has 1 atom stereocenters. The molecule has 0 amide bonds. The molecule has 2 radical (unpaired) electrons. The van der Waals surface area contributed by atoms with E-state index in [-0.39, 0.29) is 5.82 Å². The molecule has 2 rings (SSSR count). The summed E-state index contributed by atoms with van der Waals surface area (Å²) in [6.07, 6.45) is 2.17. The van der Waals surface area contributed by atoms with Crippen LogP contribution in [0, 0.1) is 0 Å². The van der Waals surface area contributed by atoms with Gasteiger partial charge in [0.2, 0.25) is 0 Å². The van der Waals surface area contributed by atoms with E-state index in [1.165, 1.54) is 11.1 Å². The van der Waals surface area contributed by atoms with Crippen LogP contribution in [0.1, 0.15) is 36.8 Å². The highest BCUT2D eigenvalue weighted by Gasteiger charge is 2.19. The Morgan fingerprint density at radius 1 is 0.833 bits per heavy atom. The van der Waals surface area contributed by atoms with Gasteiger partial charge in [0, 0.05) is 5.92 Å². The second-order valence-electron chi connectivity index (χ2n) is 4.75. The van der Waals surface area contributed by atoms with Gasteiger partial charge in [0.05, 0.1) is 7.85 Å². The number of hydrogen-bond acceptors (Lipinski definition) is 0. The van der Waals surface area contributed by atoms with Crippen LogP contribution in [0.25, 0.3) is 0 Å². The number of benzene rings is 2. The van der Waals surface area contributed by atoms with E-state index in [2.05, 4.69) is 67.6 Å². The zero-order valence-electron chi connectivity index (χ0n) is 10.9. The summed E-state index contributed by atoms with van der Waals surface area (Å²) < 4.78 is 0. The first-order valence-corrected chi connectivity index (χ1v) is 6.68. The third-order valence-electron chi connectivity index (χ3n) is 3.37. The van der Waals surface area contributed by atoms with Gasteiger partial charge in [0.25, 0.3) is 0 Å². The van der Waals surface area contributed by atoms with E-state index in [0.717, 1.165) is 12.8 Å². The summed E-state index contributed by atoms with van der Waals surface area (Å²) >= 11 is 0. The van der Waals surface area contributed by atoms with Crippen molar-refractivity contribution in [2.75, 3.05) is 0 Å². The van der Waals surface area contributed by atoms with E-state index >= 15 is 0 Å². The molecule has 0 nitrogen and oxygen atoms in total. The molecule has 1 heteroatoms. The fraction of sp³-hybridized carbons (Fsp3) is 0.294. The van der Waals surface area contributed by atoms with Crippen LogP contribution in [-0.2, 0) is 0 Å². The predicted octanol–water partition coefficient (Wildman–Crippen LogP) is 4.58. The van der Waals surface area contributed by atoms with Gasteiger partial charge < -0.3 is 0 Å². The topological polar surface area (TPSA) is 0 Å². The summed E-state index contributed by atoms with van der Waals surface area (Å²) in [5.41, 5.74) is 2.62. The van der Waals surface area contributed by atoms with Gasteiger partial charge >= 0.3 is 0 Å². The van der Waals surface area contributed by atoms with Crippen molar-refractivity contribution in [3.8, 4) is 0 Å². The maximum Gasteiger partial charge on any atom is 0.0712 e.